The van der Waals surface area contributed by atoms with Crippen molar-refractivity contribution in [3.05, 3.63) is 68.0 Å². The van der Waals surface area contributed by atoms with Gasteiger partial charge in [-0.05, 0) is 71.3 Å². The minimum absolute atomic E-state index is 0.182. The molecule has 0 bridgehead atoms. The zero-order valence-corrected chi connectivity index (χ0v) is 12.5. The minimum atomic E-state index is -0.182. The van der Waals surface area contributed by atoms with E-state index in [0.29, 0.717) is 5.56 Å². The molecule has 2 aromatic carbocycles. The second-order valence-corrected chi connectivity index (χ2v) is 5.55. The predicted molar refractivity (Wildman–Crippen MR) is 84.0 cm³/mol. The molecule has 0 saturated heterocycles. The quantitative estimate of drug-likeness (QED) is 0.514. The van der Waals surface area contributed by atoms with E-state index in [4.69, 9.17) is 0 Å². The van der Waals surface area contributed by atoms with Gasteiger partial charge in [-0.25, -0.2) is 4.39 Å². The van der Waals surface area contributed by atoms with Gasteiger partial charge in [-0.3, -0.25) is 0 Å². The number of aryl methyl sites for hydroxylation is 2. The summed E-state index contributed by atoms with van der Waals surface area (Å²) >= 11 is 2.19. The largest absolute Gasteiger partial charge is 0.206 e. The van der Waals surface area contributed by atoms with Crippen LogP contribution in [0.5, 0.6) is 0 Å². The molecule has 0 nitrogen and oxygen atoms in total. The summed E-state index contributed by atoms with van der Waals surface area (Å²) in [6.07, 6.45) is 3.83. The van der Waals surface area contributed by atoms with Crippen LogP contribution in [0.25, 0.3) is 12.2 Å². The fourth-order valence-electron chi connectivity index (χ4n) is 1.91. The monoisotopic (exact) mass is 352 g/mol. The van der Waals surface area contributed by atoms with Gasteiger partial charge in [0.15, 0.2) is 0 Å². The Morgan fingerprint density at radius 2 is 1.67 bits per heavy atom. The third-order valence-electron chi connectivity index (χ3n) is 2.93. The molecule has 2 heteroatoms. The maximum Gasteiger partial charge on any atom is 0.130 e. The standard InChI is InChI=1S/C16H14FI/c1-11-4-3-5-12(2)15(11)8-6-13-10-14(18)7-9-16(13)17/h3-10H,1-2H3/b8-6-. The van der Waals surface area contributed by atoms with E-state index in [-0.39, 0.29) is 5.82 Å². The number of rotatable bonds is 2. The highest BCUT2D eigenvalue weighted by Gasteiger charge is 2.01. The number of hydrogen-bond donors (Lipinski definition) is 0. The lowest BCUT2D eigenvalue weighted by Gasteiger charge is -2.04. The van der Waals surface area contributed by atoms with Gasteiger partial charge in [0.05, 0.1) is 0 Å². The lowest BCUT2D eigenvalue weighted by molar-refractivity contribution is 0.625. The maximum atomic E-state index is 13.6. The molecule has 0 fully saturated rings. The molecule has 0 saturated carbocycles. The predicted octanol–water partition coefficient (Wildman–Crippen LogP) is 5.22. The van der Waals surface area contributed by atoms with Gasteiger partial charge in [-0.1, -0.05) is 30.4 Å². The molecule has 0 heterocycles. The van der Waals surface area contributed by atoms with Gasteiger partial charge in [0.1, 0.15) is 5.82 Å². The SMILES string of the molecule is Cc1cccc(C)c1/C=C\c1cc(I)ccc1F. The van der Waals surface area contributed by atoms with E-state index in [1.807, 2.05) is 24.3 Å². The zero-order valence-electron chi connectivity index (χ0n) is 10.4. The molecular formula is C16H14FI. The Hall–Kier alpha value is -1.16. The lowest BCUT2D eigenvalue weighted by Crippen LogP contribution is -1.86. The van der Waals surface area contributed by atoms with Crippen LogP contribution in [0.3, 0.4) is 0 Å². The van der Waals surface area contributed by atoms with Crippen molar-refractivity contribution in [2.75, 3.05) is 0 Å². The van der Waals surface area contributed by atoms with Crippen molar-refractivity contribution < 1.29 is 4.39 Å². The summed E-state index contributed by atoms with van der Waals surface area (Å²) in [5.74, 6) is -0.182. The fraction of sp³-hybridized carbons (Fsp3) is 0.125. The van der Waals surface area contributed by atoms with Crippen LogP contribution >= 0.6 is 22.6 Å². The summed E-state index contributed by atoms with van der Waals surface area (Å²) in [7, 11) is 0. The van der Waals surface area contributed by atoms with E-state index in [2.05, 4.69) is 48.6 Å². The first-order chi connectivity index (χ1) is 8.58. The van der Waals surface area contributed by atoms with Gasteiger partial charge in [-0.15, -0.1) is 0 Å². The highest BCUT2D eigenvalue weighted by molar-refractivity contribution is 14.1. The lowest BCUT2D eigenvalue weighted by atomic mass is 10.0. The average Bonchev–Trinajstić information content (AvgIpc) is 2.33. The molecule has 18 heavy (non-hydrogen) atoms. The van der Waals surface area contributed by atoms with Crippen LogP contribution in [0, 0.1) is 23.2 Å². The smallest absolute Gasteiger partial charge is 0.130 e. The van der Waals surface area contributed by atoms with Gasteiger partial charge in [0.25, 0.3) is 0 Å². The summed E-state index contributed by atoms with van der Waals surface area (Å²) in [5, 5.41) is 0. The molecule has 0 N–H and O–H groups in total. The molecule has 0 unspecified atom stereocenters. The van der Waals surface area contributed by atoms with Gasteiger partial charge in [-0.2, -0.15) is 0 Å². The highest BCUT2D eigenvalue weighted by Crippen LogP contribution is 2.19. The van der Waals surface area contributed by atoms with Crippen LogP contribution in [0.15, 0.2) is 36.4 Å². The van der Waals surface area contributed by atoms with E-state index < -0.39 is 0 Å². The van der Waals surface area contributed by atoms with Gasteiger partial charge in [0, 0.05) is 9.13 Å². The molecule has 0 amide bonds. The first kappa shape index (κ1) is 13.3. The van der Waals surface area contributed by atoms with Crippen LogP contribution in [0.1, 0.15) is 22.3 Å². The Balaban J connectivity index is 2.39. The van der Waals surface area contributed by atoms with Gasteiger partial charge in [0.2, 0.25) is 0 Å². The first-order valence-electron chi connectivity index (χ1n) is 5.77. The Morgan fingerprint density at radius 3 is 2.33 bits per heavy atom. The molecule has 0 radical (unpaired) electrons. The molecule has 0 aliphatic carbocycles. The second kappa shape index (κ2) is 5.65. The second-order valence-electron chi connectivity index (χ2n) is 4.30. The van der Waals surface area contributed by atoms with Crippen LogP contribution in [-0.4, -0.2) is 0 Å². The van der Waals surface area contributed by atoms with E-state index in [0.717, 1.165) is 9.13 Å². The molecule has 0 atom stereocenters. The van der Waals surface area contributed by atoms with E-state index in [9.17, 15) is 4.39 Å². The van der Waals surface area contributed by atoms with Crippen molar-refractivity contribution in [2.24, 2.45) is 0 Å². The third kappa shape index (κ3) is 2.99. The van der Waals surface area contributed by atoms with Gasteiger partial charge >= 0.3 is 0 Å². The summed E-state index contributed by atoms with van der Waals surface area (Å²) in [5.41, 5.74) is 4.20. The van der Waals surface area contributed by atoms with Crippen LogP contribution in [0.2, 0.25) is 0 Å². The molecule has 0 aliphatic heterocycles. The molecule has 0 spiro atoms. The summed E-state index contributed by atoms with van der Waals surface area (Å²) < 4.78 is 14.7. The van der Waals surface area contributed by atoms with Crippen molar-refractivity contribution in [3.8, 4) is 0 Å². The Bertz CT molecular complexity index is 580. The van der Waals surface area contributed by atoms with Crippen molar-refractivity contribution in [3.63, 3.8) is 0 Å². The molecular weight excluding hydrogens is 338 g/mol. The van der Waals surface area contributed by atoms with Crippen molar-refractivity contribution in [1.29, 1.82) is 0 Å². The number of hydrogen-bond acceptors (Lipinski definition) is 0. The normalized spacial score (nSPS) is 11.1. The van der Waals surface area contributed by atoms with Crippen LogP contribution in [-0.2, 0) is 0 Å². The van der Waals surface area contributed by atoms with E-state index >= 15 is 0 Å². The van der Waals surface area contributed by atoms with Gasteiger partial charge < -0.3 is 0 Å². The Labute approximate surface area is 121 Å². The third-order valence-corrected chi connectivity index (χ3v) is 3.60. The van der Waals surface area contributed by atoms with E-state index in [1.165, 1.54) is 17.2 Å². The summed E-state index contributed by atoms with van der Waals surface area (Å²) in [6, 6.07) is 11.3. The fourth-order valence-corrected chi connectivity index (χ4v) is 2.42. The maximum absolute atomic E-state index is 13.6. The van der Waals surface area contributed by atoms with Crippen molar-refractivity contribution in [2.45, 2.75) is 13.8 Å². The first-order valence-corrected chi connectivity index (χ1v) is 6.85. The molecule has 0 aliphatic rings. The number of halogens is 2. The van der Waals surface area contributed by atoms with Crippen LogP contribution < -0.4 is 0 Å². The molecule has 2 rings (SSSR count). The molecule has 2 aromatic rings. The van der Waals surface area contributed by atoms with Crippen LogP contribution in [0.4, 0.5) is 4.39 Å². The number of benzene rings is 2. The Morgan fingerprint density at radius 1 is 1.00 bits per heavy atom. The van der Waals surface area contributed by atoms with E-state index in [1.54, 1.807) is 6.07 Å². The van der Waals surface area contributed by atoms with Crippen molar-refractivity contribution >= 4 is 34.7 Å². The summed E-state index contributed by atoms with van der Waals surface area (Å²) in [4.78, 5) is 0. The highest BCUT2D eigenvalue weighted by atomic mass is 127. The minimum Gasteiger partial charge on any atom is -0.206 e. The Kier molecular flexibility index (Phi) is 4.17. The summed E-state index contributed by atoms with van der Waals surface area (Å²) in [6.45, 7) is 4.13. The molecule has 0 aromatic heterocycles. The van der Waals surface area contributed by atoms with Crippen molar-refractivity contribution in [1.82, 2.24) is 0 Å². The topological polar surface area (TPSA) is 0 Å². The average molecular weight is 352 g/mol. The molecule has 92 valence electrons. The zero-order chi connectivity index (χ0) is 13.1.